The van der Waals surface area contributed by atoms with E-state index < -0.39 is 0 Å². The first kappa shape index (κ1) is 30.1. The second-order valence-electron chi connectivity index (χ2n) is 10.5. The average Bonchev–Trinajstić information content (AvgIpc) is 2.82. The summed E-state index contributed by atoms with van der Waals surface area (Å²) in [5.41, 5.74) is 0. The van der Waals surface area contributed by atoms with Crippen molar-refractivity contribution in [3.05, 3.63) is 0 Å². The van der Waals surface area contributed by atoms with Crippen LogP contribution < -0.4 is 0 Å². The van der Waals surface area contributed by atoms with Gasteiger partial charge in [-0.3, -0.25) is 0 Å². The predicted octanol–water partition coefficient (Wildman–Crippen LogP) is 7.57. The van der Waals surface area contributed by atoms with E-state index in [2.05, 4.69) is 9.80 Å². The van der Waals surface area contributed by atoms with Crippen molar-refractivity contribution in [2.24, 2.45) is 0 Å². The standard InChI is InChI=1S/2C13H23NS2.Pd/c2*15-13(16)14(11-7-3-1-4-8-11)12-9-5-2-6-10-12;/h2*11-12H,1-10H2,(H,15,16);/q;;+2/p-2. The minimum atomic E-state index is 0. The molecule has 0 aromatic heterocycles. The Labute approximate surface area is 239 Å². The minimum Gasteiger partial charge on any atom is -0.411 e. The van der Waals surface area contributed by atoms with Gasteiger partial charge in [-0.15, -0.1) is 0 Å². The number of rotatable bonds is 4. The Morgan fingerprint density at radius 2 is 0.606 bits per heavy atom. The van der Waals surface area contributed by atoms with Gasteiger partial charge in [0.1, 0.15) is 0 Å². The normalized spacial score (nSPS) is 23.5. The van der Waals surface area contributed by atoms with Crippen molar-refractivity contribution in [2.75, 3.05) is 0 Å². The summed E-state index contributed by atoms with van der Waals surface area (Å²) in [5.74, 6) is 0. The van der Waals surface area contributed by atoms with Crippen molar-refractivity contribution in [3.63, 3.8) is 0 Å². The molecular weight excluding hydrogens is 575 g/mol. The Hall–Kier alpha value is 0.882. The number of hydrogen-bond acceptors (Lipinski definition) is 4. The summed E-state index contributed by atoms with van der Waals surface area (Å²) in [6, 6.07) is 2.67. The number of nitrogens with zero attached hydrogens (tertiary/aromatic N) is 2. The predicted molar refractivity (Wildman–Crippen MR) is 151 cm³/mol. The fourth-order valence-electron chi connectivity index (χ4n) is 6.63. The third-order valence-corrected chi connectivity index (χ3v) is 9.14. The van der Waals surface area contributed by atoms with Gasteiger partial charge in [-0.2, -0.15) is 0 Å². The van der Waals surface area contributed by atoms with Gasteiger partial charge < -0.3 is 59.5 Å². The van der Waals surface area contributed by atoms with Crippen LogP contribution in [0.4, 0.5) is 0 Å². The summed E-state index contributed by atoms with van der Waals surface area (Å²) in [5, 5.41) is 0. The summed E-state index contributed by atoms with van der Waals surface area (Å²) in [7, 11) is 0. The molecule has 0 heterocycles. The maximum Gasteiger partial charge on any atom is 2.00 e. The van der Waals surface area contributed by atoms with Gasteiger partial charge in [-0.1, -0.05) is 85.7 Å². The van der Waals surface area contributed by atoms with Gasteiger partial charge >= 0.3 is 20.4 Å². The van der Waals surface area contributed by atoms with Crippen molar-refractivity contribution in [1.82, 2.24) is 9.80 Å². The fraction of sp³-hybridized carbons (Fsp3) is 0.923. The van der Waals surface area contributed by atoms with Crippen LogP contribution in [0.2, 0.25) is 0 Å². The van der Waals surface area contributed by atoms with Crippen LogP contribution in [0.5, 0.6) is 0 Å². The monoisotopic (exact) mass is 618 g/mol. The van der Waals surface area contributed by atoms with E-state index in [0.717, 1.165) is 8.64 Å². The molecule has 4 aliphatic carbocycles. The van der Waals surface area contributed by atoms with E-state index in [4.69, 9.17) is 49.7 Å². The molecule has 0 aliphatic heterocycles. The minimum absolute atomic E-state index is 0. The van der Waals surface area contributed by atoms with Crippen LogP contribution in [0.1, 0.15) is 128 Å². The third-order valence-electron chi connectivity index (χ3n) is 8.29. The van der Waals surface area contributed by atoms with Crippen molar-refractivity contribution in [3.8, 4) is 0 Å². The van der Waals surface area contributed by atoms with Gasteiger partial charge in [0.25, 0.3) is 0 Å². The van der Waals surface area contributed by atoms with E-state index >= 15 is 0 Å². The Balaban J connectivity index is 0.000000227. The summed E-state index contributed by atoms with van der Waals surface area (Å²) in [6.07, 6.45) is 27.0. The zero-order valence-corrected chi connectivity index (χ0v) is 25.1. The summed E-state index contributed by atoms with van der Waals surface area (Å²) in [4.78, 5) is 4.87. The molecule has 4 saturated carbocycles. The molecule has 0 aromatic carbocycles. The van der Waals surface area contributed by atoms with Crippen LogP contribution in [0.25, 0.3) is 0 Å². The molecule has 0 radical (unpaired) electrons. The van der Waals surface area contributed by atoms with E-state index in [-0.39, 0.29) is 20.4 Å². The van der Waals surface area contributed by atoms with Crippen molar-refractivity contribution >= 4 is 58.3 Å². The zero-order chi connectivity index (χ0) is 22.8. The molecule has 2 nitrogen and oxygen atoms in total. The van der Waals surface area contributed by atoms with Crippen LogP contribution in [0, 0.1) is 0 Å². The molecule has 0 bridgehead atoms. The van der Waals surface area contributed by atoms with Gasteiger partial charge in [0, 0.05) is 24.2 Å². The maximum absolute atomic E-state index is 5.32. The van der Waals surface area contributed by atoms with E-state index in [1.165, 1.54) is 128 Å². The average molecular weight is 619 g/mol. The molecular formula is C26H44N2PdS4. The molecule has 33 heavy (non-hydrogen) atoms. The molecule has 0 amide bonds. The fourth-order valence-corrected chi connectivity index (χ4v) is 7.82. The Morgan fingerprint density at radius 3 is 0.758 bits per heavy atom. The van der Waals surface area contributed by atoms with E-state index in [0.29, 0.717) is 24.2 Å². The molecule has 4 fully saturated rings. The zero-order valence-electron chi connectivity index (χ0n) is 20.3. The van der Waals surface area contributed by atoms with Crippen LogP contribution in [0.3, 0.4) is 0 Å². The molecule has 7 heteroatoms. The van der Waals surface area contributed by atoms with Crippen molar-refractivity contribution in [2.45, 2.75) is 153 Å². The first-order valence-corrected chi connectivity index (χ1v) is 15.2. The van der Waals surface area contributed by atoms with Gasteiger partial charge in [0.15, 0.2) is 0 Å². The first-order chi connectivity index (χ1) is 15.6. The Bertz CT molecular complexity index is 481. The third kappa shape index (κ3) is 9.69. The molecule has 0 aromatic rings. The molecule has 4 aliphatic rings. The van der Waals surface area contributed by atoms with Crippen molar-refractivity contribution in [1.29, 1.82) is 0 Å². The topological polar surface area (TPSA) is 6.48 Å². The molecule has 0 saturated heterocycles. The van der Waals surface area contributed by atoms with E-state index in [9.17, 15) is 0 Å². The van der Waals surface area contributed by atoms with Gasteiger partial charge in [0.2, 0.25) is 0 Å². The van der Waals surface area contributed by atoms with Gasteiger partial charge in [0.05, 0.1) is 0 Å². The molecule has 0 atom stereocenters. The Kier molecular flexibility index (Phi) is 15.1. The Morgan fingerprint density at radius 1 is 0.424 bits per heavy atom. The van der Waals surface area contributed by atoms with Crippen LogP contribution in [-0.2, 0) is 45.7 Å². The van der Waals surface area contributed by atoms with Gasteiger partial charge in [-0.25, -0.2) is 0 Å². The smallest absolute Gasteiger partial charge is 0.411 e. The molecule has 4 rings (SSSR count). The van der Waals surface area contributed by atoms with E-state index in [1.807, 2.05) is 0 Å². The SMILES string of the molecule is S=C([S-])N(C1CCCCC1)C1CCCCC1.S=C([S-])N(C1CCCCC1)C1CCCCC1.[Pd+2]. The summed E-state index contributed by atoms with van der Waals surface area (Å²) in [6.45, 7) is 0. The molecule has 0 spiro atoms. The molecule has 0 unspecified atom stereocenters. The summed E-state index contributed by atoms with van der Waals surface area (Å²) < 4.78 is 1.47. The van der Waals surface area contributed by atoms with Crippen LogP contribution >= 0.6 is 24.4 Å². The van der Waals surface area contributed by atoms with Crippen LogP contribution in [0.15, 0.2) is 0 Å². The molecule has 192 valence electrons. The maximum atomic E-state index is 5.32. The first-order valence-electron chi connectivity index (χ1n) is 13.6. The van der Waals surface area contributed by atoms with Gasteiger partial charge in [-0.05, 0) is 51.4 Å². The number of thiocarbonyl (C=S) groups is 2. The quantitative estimate of drug-likeness (QED) is 0.181. The largest absolute Gasteiger partial charge is 2.00 e. The summed E-state index contributed by atoms with van der Waals surface area (Å²) >= 11 is 21.3. The second-order valence-corrected chi connectivity index (χ2v) is 12.6. The van der Waals surface area contributed by atoms with E-state index in [1.54, 1.807) is 0 Å². The van der Waals surface area contributed by atoms with Crippen molar-refractivity contribution < 1.29 is 20.4 Å². The number of hydrogen-bond donors (Lipinski definition) is 0. The molecule has 0 N–H and O–H groups in total. The van der Waals surface area contributed by atoms with Crippen LogP contribution in [-0.4, -0.2) is 42.6 Å². The second kappa shape index (κ2) is 16.6.